The second-order valence-corrected chi connectivity index (χ2v) is 9.73. The number of carbonyl (C=O) groups is 2. The quantitative estimate of drug-likeness (QED) is 0.198. The molecule has 0 aliphatic heterocycles. The Morgan fingerprint density at radius 1 is 1.10 bits per heavy atom. The third-order valence-corrected chi connectivity index (χ3v) is 6.57. The lowest BCUT2D eigenvalue weighted by atomic mass is 10.0. The fourth-order valence-electron chi connectivity index (χ4n) is 4.08. The molecule has 1 amide bonds. The van der Waals surface area contributed by atoms with Gasteiger partial charge in [-0.2, -0.15) is 0 Å². The van der Waals surface area contributed by atoms with E-state index in [0.717, 1.165) is 0 Å². The molecule has 13 nitrogen and oxygen atoms in total. The van der Waals surface area contributed by atoms with Crippen LogP contribution in [0.4, 0.5) is 10.5 Å². The van der Waals surface area contributed by atoms with Crippen molar-refractivity contribution in [3.05, 3.63) is 77.3 Å². The molecule has 3 atom stereocenters. The number of hydrogen-bond acceptors (Lipinski definition) is 10. The normalized spacial score (nSPS) is 13.3. The minimum atomic E-state index is -3.25. The van der Waals surface area contributed by atoms with E-state index in [-0.39, 0.29) is 23.4 Å². The number of rotatable bonds is 10. The lowest BCUT2D eigenvalue weighted by Gasteiger charge is -2.24. The number of ether oxygens (including phenoxy) is 2. The first-order valence-corrected chi connectivity index (χ1v) is 13.7. The summed E-state index contributed by atoms with van der Waals surface area (Å²) in [5.74, 6) is -0.181. The Morgan fingerprint density at radius 3 is 2.48 bits per heavy atom. The van der Waals surface area contributed by atoms with Crippen LogP contribution in [0, 0.1) is 0 Å². The molecule has 0 spiro atoms. The summed E-state index contributed by atoms with van der Waals surface area (Å²) >= 11 is -6.05. The Kier molecular flexibility index (Phi) is 8.79. The topological polar surface area (TPSA) is 172 Å². The first-order valence-electron chi connectivity index (χ1n) is 11.4. The molecule has 0 fully saturated rings. The number of carbonyl (C=O) groups excluding carboxylic acids is 2. The molecule has 210 valence electrons. The second-order valence-electron chi connectivity index (χ2n) is 8.29. The molecule has 0 bridgehead atoms. The van der Waals surface area contributed by atoms with E-state index in [1.165, 1.54) is 40.6 Å². The van der Waals surface area contributed by atoms with Gasteiger partial charge in [-0.25, -0.2) is 9.00 Å². The van der Waals surface area contributed by atoms with Crippen molar-refractivity contribution in [2.75, 3.05) is 10.8 Å². The van der Waals surface area contributed by atoms with Gasteiger partial charge in [0.15, 0.2) is 6.23 Å². The fourth-order valence-corrected chi connectivity index (χ4v) is 4.76. The number of aromatic nitrogens is 2. The molecule has 0 saturated heterocycles. The van der Waals surface area contributed by atoms with Crippen LogP contribution in [0.2, 0.25) is 0 Å². The first kappa shape index (κ1) is 28.7. The van der Waals surface area contributed by atoms with Gasteiger partial charge in [-0.05, 0) is 54.4 Å². The van der Waals surface area contributed by atoms with Gasteiger partial charge in [0.05, 0.1) is 5.88 Å². The minimum absolute atomic E-state index is 0.0332. The number of anilines is 1. The van der Waals surface area contributed by atoms with E-state index in [4.69, 9.17) is 9.47 Å². The maximum absolute atomic E-state index is 13.1. The molecule has 2 aromatic heterocycles. The van der Waals surface area contributed by atoms with Crippen LogP contribution in [-0.4, -0.2) is 45.1 Å². The van der Waals surface area contributed by atoms with E-state index < -0.39 is 46.2 Å². The summed E-state index contributed by atoms with van der Waals surface area (Å²) in [6, 6.07) is 14.6. The van der Waals surface area contributed by atoms with Crippen LogP contribution in [-0.2, 0) is 43.2 Å². The van der Waals surface area contributed by atoms with Crippen molar-refractivity contribution in [1.82, 2.24) is 9.13 Å². The highest BCUT2D eigenvalue weighted by Gasteiger charge is 2.23. The van der Waals surface area contributed by atoms with Crippen LogP contribution < -0.4 is 15.2 Å². The fraction of sp³-hybridized carbons (Fsp3) is 0.160. The smallest absolute Gasteiger partial charge is 0.428 e. The van der Waals surface area contributed by atoms with Gasteiger partial charge in [-0.3, -0.25) is 18.7 Å². The van der Waals surface area contributed by atoms with Gasteiger partial charge in [-0.15, -0.1) is 0 Å². The molecule has 40 heavy (non-hydrogen) atoms. The number of nitrogens with zero attached hydrogens (tertiary/aromatic N) is 3. The lowest BCUT2D eigenvalue weighted by Crippen LogP contribution is -2.34. The monoisotopic (exact) mass is 587 g/mol. The van der Waals surface area contributed by atoms with Gasteiger partial charge in [0.25, 0.3) is 12.0 Å². The second kappa shape index (κ2) is 12.3. The Bertz CT molecular complexity index is 1670. The molecule has 15 heteroatoms. The van der Waals surface area contributed by atoms with Crippen molar-refractivity contribution in [2.24, 2.45) is 7.05 Å². The number of aryl methyl sites for hydroxylation is 1. The number of amides is 1. The van der Waals surface area contributed by atoms with E-state index in [9.17, 15) is 31.9 Å². The molecule has 0 radical (unpaired) electrons. The molecular weight excluding hydrogens is 566 g/mol. The molecule has 0 N–H and O–H groups in total. The van der Waals surface area contributed by atoms with Gasteiger partial charge in [-0.1, -0.05) is 18.2 Å². The zero-order valence-electron chi connectivity index (χ0n) is 21.0. The lowest BCUT2D eigenvalue weighted by molar-refractivity contribution is -0.136. The van der Waals surface area contributed by atoms with Crippen molar-refractivity contribution in [1.29, 1.82) is 0 Å². The van der Waals surface area contributed by atoms with Gasteiger partial charge >= 0.3 is 6.09 Å². The van der Waals surface area contributed by atoms with E-state index in [2.05, 4.69) is 4.18 Å². The predicted octanol–water partition coefficient (Wildman–Crippen LogP) is 3.06. The molecule has 3 unspecified atom stereocenters. The number of para-hydroxylation sites is 1. The Morgan fingerprint density at radius 2 is 1.82 bits per heavy atom. The number of pyridine rings is 1. The van der Waals surface area contributed by atoms with E-state index in [1.54, 1.807) is 49.5 Å². The average molecular weight is 588 g/mol. The SMILES string of the molecule is CC(OC=O)n1ccc2c(-c3cc(N(CS(=O)[O-])C(=O)OS(=O)[O-])ccc3Oc3ccccc3)cn(C)c(=O)c21. The summed E-state index contributed by atoms with van der Waals surface area (Å²) in [4.78, 5) is 37.2. The van der Waals surface area contributed by atoms with Crippen LogP contribution >= 0.6 is 0 Å². The van der Waals surface area contributed by atoms with Crippen molar-refractivity contribution in [3.63, 3.8) is 0 Å². The van der Waals surface area contributed by atoms with E-state index >= 15 is 0 Å². The standard InChI is InChI=1S/C25H23N3O10S2/c1-16(36-15-29)27-11-10-19-21(13-26(2)24(30)23(19)27)20-12-17(28(14-39(32)33)25(31)38-40(34)35)8-9-22(20)37-18-6-4-3-5-7-18/h3-13,15-16H,14H2,1-2H3,(H,32,33)(H,34,35)/p-2. The third-order valence-electron chi connectivity index (χ3n) is 5.83. The van der Waals surface area contributed by atoms with Gasteiger partial charge < -0.3 is 31.9 Å². The van der Waals surface area contributed by atoms with Crippen molar-refractivity contribution in [2.45, 2.75) is 13.2 Å². The molecule has 0 saturated carbocycles. The van der Waals surface area contributed by atoms with Crippen LogP contribution in [0.3, 0.4) is 0 Å². The molecular formula is C25H21N3O10S2-2. The Labute approximate surface area is 232 Å². The summed E-state index contributed by atoms with van der Waals surface area (Å²) in [6.45, 7) is 1.85. The predicted molar refractivity (Wildman–Crippen MR) is 143 cm³/mol. The van der Waals surface area contributed by atoms with Crippen LogP contribution in [0.5, 0.6) is 11.5 Å². The van der Waals surface area contributed by atoms with E-state index in [0.29, 0.717) is 27.2 Å². The largest absolute Gasteiger partial charge is 0.771 e. The molecule has 4 rings (SSSR count). The van der Waals surface area contributed by atoms with Crippen LogP contribution in [0.15, 0.2) is 71.8 Å². The zero-order chi connectivity index (χ0) is 29.0. The number of hydrogen-bond donors (Lipinski definition) is 0. The Hall–Kier alpha value is -4.31. The average Bonchev–Trinajstić information content (AvgIpc) is 3.36. The minimum Gasteiger partial charge on any atom is -0.771 e. The molecule has 0 aliphatic carbocycles. The summed E-state index contributed by atoms with van der Waals surface area (Å²) < 4.78 is 63.1. The third kappa shape index (κ3) is 6.12. The van der Waals surface area contributed by atoms with Crippen LogP contribution in [0.25, 0.3) is 22.0 Å². The highest BCUT2D eigenvalue weighted by molar-refractivity contribution is 7.79. The maximum Gasteiger partial charge on any atom is 0.428 e. The first-order chi connectivity index (χ1) is 19.1. The molecule has 2 aromatic carbocycles. The molecule has 0 aliphatic rings. The van der Waals surface area contributed by atoms with Crippen molar-refractivity contribution >= 4 is 51.6 Å². The number of benzene rings is 2. The van der Waals surface area contributed by atoms with Gasteiger partial charge in [0.1, 0.15) is 28.4 Å². The summed E-state index contributed by atoms with van der Waals surface area (Å²) in [7, 11) is 1.52. The van der Waals surface area contributed by atoms with E-state index in [1.807, 2.05) is 0 Å². The van der Waals surface area contributed by atoms with Crippen molar-refractivity contribution < 1.29 is 40.8 Å². The summed E-state index contributed by atoms with van der Waals surface area (Å²) in [6.07, 6.45) is 0.837. The Balaban J connectivity index is 1.97. The highest BCUT2D eigenvalue weighted by atomic mass is 32.2. The van der Waals surface area contributed by atoms with Crippen LogP contribution in [0.1, 0.15) is 13.2 Å². The molecule has 4 aromatic rings. The maximum atomic E-state index is 13.1. The summed E-state index contributed by atoms with van der Waals surface area (Å²) in [5.41, 5.74) is 0.530. The molecule has 2 heterocycles. The van der Waals surface area contributed by atoms with Crippen molar-refractivity contribution in [3.8, 4) is 22.6 Å². The summed E-state index contributed by atoms with van der Waals surface area (Å²) in [5, 5.41) is 0.432. The van der Waals surface area contributed by atoms with Gasteiger partial charge in [0, 0.05) is 41.6 Å². The highest BCUT2D eigenvalue weighted by Crippen LogP contribution is 2.40. The van der Waals surface area contributed by atoms with Gasteiger partial charge in [0.2, 0.25) is 0 Å². The number of fused-ring (bicyclic) bond motifs is 1. The zero-order valence-corrected chi connectivity index (χ0v) is 22.6.